The summed E-state index contributed by atoms with van der Waals surface area (Å²) >= 11 is 0. The van der Waals surface area contributed by atoms with Crippen molar-refractivity contribution in [3.05, 3.63) is 0 Å². The van der Waals surface area contributed by atoms with Gasteiger partial charge in [-0.1, -0.05) is 312 Å². The number of likely N-dealkylation sites (N-methyl/N-ethyl adjacent to an activating group) is 1. The highest BCUT2D eigenvalue weighted by molar-refractivity contribution is 5.81. The predicted octanol–water partition coefficient (Wildman–Crippen LogP) is 15.0. The fraction of sp³-hybridized carbons (Fsp3) is 0.910. The maximum absolute atomic E-state index is 13.5. The van der Waals surface area contributed by atoms with E-state index in [9.17, 15) is 58.8 Å². The van der Waals surface area contributed by atoms with E-state index in [0.29, 0.717) is 0 Å². The number of rotatable bonds is 82. The molecule has 0 rings (SSSR count). The fourth-order valence-electron chi connectivity index (χ4n) is 14.4. The van der Waals surface area contributed by atoms with E-state index in [1.807, 2.05) is 4.90 Å². The van der Waals surface area contributed by atoms with E-state index in [4.69, 9.17) is 18.9 Å². The molecule has 0 aromatic carbocycles. The lowest BCUT2D eigenvalue weighted by atomic mass is 9.93. The average molecular weight is 1600 g/mol. The Morgan fingerprint density at radius 3 is 0.589 bits per heavy atom. The number of aliphatic hydroxyl groups is 4. The number of ether oxygens (including phenoxy) is 4. The van der Waals surface area contributed by atoms with Gasteiger partial charge in [-0.25, -0.2) is 19.2 Å². The van der Waals surface area contributed by atoms with Gasteiger partial charge >= 0.3 is 23.9 Å². The third kappa shape index (κ3) is 60.9. The maximum Gasteiger partial charge on any atom is 0.336 e. The van der Waals surface area contributed by atoms with Gasteiger partial charge in [0.1, 0.15) is 26.4 Å². The summed E-state index contributed by atoms with van der Waals surface area (Å²) in [6, 6.07) is 0. The smallest absolute Gasteiger partial charge is 0.336 e. The molecule has 23 nitrogen and oxygen atoms in total. The molecular formula is C89H171N7O16. The molecule has 0 aliphatic rings. The van der Waals surface area contributed by atoms with E-state index in [0.717, 1.165) is 257 Å². The summed E-state index contributed by atoms with van der Waals surface area (Å²) in [5.41, 5.74) is 0. The molecule has 0 aliphatic heterocycles. The Kier molecular flexibility index (Phi) is 73.4. The van der Waals surface area contributed by atoms with Gasteiger partial charge < -0.3 is 65.5 Å². The van der Waals surface area contributed by atoms with Crippen LogP contribution in [-0.2, 0) is 57.3 Å². The van der Waals surface area contributed by atoms with Gasteiger partial charge in [0.25, 0.3) is 0 Å². The number of carbonyl (C=O) groups is 8. The van der Waals surface area contributed by atoms with E-state index in [1.54, 1.807) is 7.05 Å². The van der Waals surface area contributed by atoms with Crippen molar-refractivity contribution in [1.29, 1.82) is 0 Å². The van der Waals surface area contributed by atoms with Crippen LogP contribution >= 0.6 is 0 Å². The molecule has 8 N–H and O–H groups in total. The molecule has 112 heavy (non-hydrogen) atoms. The van der Waals surface area contributed by atoms with Crippen molar-refractivity contribution in [2.75, 3.05) is 112 Å². The number of nitrogens with one attached hydrogen (secondary N) is 4. The topological polar surface area (TPSA) is 312 Å². The number of hydrogen-bond acceptors (Lipinski definition) is 19. The molecule has 4 amide bonds. The van der Waals surface area contributed by atoms with Gasteiger partial charge in [0.2, 0.25) is 23.6 Å². The first kappa shape index (κ1) is 107. The number of unbranched alkanes of at least 4 members (excludes halogenated alkanes) is 32. The van der Waals surface area contributed by atoms with Crippen LogP contribution in [0, 0.1) is 23.7 Å². The number of amides is 4. The van der Waals surface area contributed by atoms with Crippen molar-refractivity contribution in [3.63, 3.8) is 0 Å². The Morgan fingerprint density at radius 2 is 0.411 bits per heavy atom. The van der Waals surface area contributed by atoms with Crippen molar-refractivity contribution < 1.29 is 77.7 Å². The molecule has 0 saturated heterocycles. The summed E-state index contributed by atoms with van der Waals surface area (Å²) in [5.74, 6) is -4.83. The Labute approximate surface area is 681 Å². The minimum atomic E-state index is -1.74. The van der Waals surface area contributed by atoms with Crippen molar-refractivity contribution in [2.24, 2.45) is 23.7 Å². The number of nitrogens with zero attached hydrogens (tertiary/aromatic N) is 3. The van der Waals surface area contributed by atoms with E-state index in [1.165, 1.54) is 61.2 Å². The molecule has 658 valence electrons. The van der Waals surface area contributed by atoms with Crippen LogP contribution in [0.2, 0.25) is 0 Å². The minimum Gasteiger partial charge on any atom is -0.462 e. The molecule has 0 aromatic heterocycles. The molecule has 8 unspecified atom stereocenters. The van der Waals surface area contributed by atoms with Gasteiger partial charge in [-0.15, -0.1) is 0 Å². The number of esters is 4. The van der Waals surface area contributed by atoms with Crippen molar-refractivity contribution in [2.45, 2.75) is 388 Å². The first-order valence-corrected chi connectivity index (χ1v) is 45.9. The number of aliphatic hydroxyl groups excluding tert-OH is 4. The standard InChI is InChI=1S/C89H171N7O16/c1-10-18-26-34-38-46-54-74(50-42-30-22-14-5)82(101)90-58-66-109-86(105)78(97)70-95(71-79(98)87(106)110-67-59-91-83(102)75(51-43-31-23-15-6)55-47-39-35-27-19-11-2)64-62-94(9)63-65-96(72-80(99)88(107)111-68-60-92-84(103)76(52-44-32-24-16-7)56-48-40-36-28-20-12-3)73-81(100)89(108)112-69-61-93-85(104)77(53-45-33-25-17-8)57-49-41-37-29-21-13-4/h74-81,97-100H,10-73H2,1-9H3,(H,90,101)(H,91,102)(H,92,103)(H,93,104). The molecule has 23 heteroatoms. The second-order valence-electron chi connectivity index (χ2n) is 32.1. The summed E-state index contributed by atoms with van der Waals surface area (Å²) in [6.45, 7) is 15.7. The second kappa shape index (κ2) is 76.5. The van der Waals surface area contributed by atoms with Crippen LogP contribution in [0.3, 0.4) is 0 Å². The summed E-state index contributed by atoms with van der Waals surface area (Å²) in [5, 5.41) is 57.4. The van der Waals surface area contributed by atoms with Crippen LogP contribution < -0.4 is 21.3 Å². The predicted molar refractivity (Wildman–Crippen MR) is 451 cm³/mol. The molecule has 0 radical (unpaired) electrons. The second-order valence-corrected chi connectivity index (χ2v) is 32.1. The lowest BCUT2D eigenvalue weighted by Gasteiger charge is -2.30. The highest BCUT2D eigenvalue weighted by atomic mass is 16.6. The Hall–Kier alpha value is -4.52. The van der Waals surface area contributed by atoms with Crippen LogP contribution in [0.25, 0.3) is 0 Å². The molecular weight excluding hydrogens is 1420 g/mol. The zero-order valence-electron chi connectivity index (χ0n) is 72.9. The third-order valence-corrected chi connectivity index (χ3v) is 21.7. The van der Waals surface area contributed by atoms with E-state index in [-0.39, 0.29) is 152 Å². The van der Waals surface area contributed by atoms with Gasteiger partial charge in [-0.05, 0) is 58.4 Å². The largest absolute Gasteiger partial charge is 0.462 e. The molecule has 0 aromatic rings. The molecule has 0 heterocycles. The van der Waals surface area contributed by atoms with E-state index in [2.05, 4.69) is 76.7 Å². The average Bonchev–Trinajstić information content (AvgIpc) is 0.913. The lowest BCUT2D eigenvalue weighted by Crippen LogP contribution is -2.48. The highest BCUT2D eigenvalue weighted by Crippen LogP contribution is 2.24. The Balaban J connectivity index is 6.65. The van der Waals surface area contributed by atoms with Crippen molar-refractivity contribution in [3.8, 4) is 0 Å². The molecule has 0 bridgehead atoms. The van der Waals surface area contributed by atoms with Crippen LogP contribution in [-0.4, -0.2) is 219 Å². The summed E-state index contributed by atoms with van der Waals surface area (Å²) < 4.78 is 22.0. The van der Waals surface area contributed by atoms with Gasteiger partial charge in [0.05, 0.1) is 26.2 Å². The van der Waals surface area contributed by atoms with Gasteiger partial charge in [0, 0.05) is 76.0 Å². The minimum absolute atomic E-state index is 0.0442. The monoisotopic (exact) mass is 1590 g/mol. The van der Waals surface area contributed by atoms with Gasteiger partial charge in [0.15, 0.2) is 24.4 Å². The van der Waals surface area contributed by atoms with Crippen LogP contribution in [0.1, 0.15) is 364 Å². The van der Waals surface area contributed by atoms with Crippen molar-refractivity contribution in [1.82, 2.24) is 36.0 Å². The fourth-order valence-corrected chi connectivity index (χ4v) is 14.4. The molecule has 0 saturated carbocycles. The van der Waals surface area contributed by atoms with Gasteiger partial charge in [-0.3, -0.25) is 29.0 Å². The zero-order valence-corrected chi connectivity index (χ0v) is 72.9. The summed E-state index contributed by atoms with van der Waals surface area (Å²) in [6.07, 6.45) is 43.0. The van der Waals surface area contributed by atoms with Crippen LogP contribution in [0.5, 0.6) is 0 Å². The summed E-state index contributed by atoms with van der Waals surface area (Å²) in [4.78, 5) is 113. The molecule has 0 aliphatic carbocycles. The normalized spacial score (nSPS) is 13.8. The quantitative estimate of drug-likeness (QED) is 0.0159. The Morgan fingerprint density at radius 1 is 0.250 bits per heavy atom. The van der Waals surface area contributed by atoms with Crippen LogP contribution in [0.4, 0.5) is 0 Å². The first-order valence-electron chi connectivity index (χ1n) is 45.9. The number of carbonyl (C=O) groups excluding carboxylic acids is 8. The van der Waals surface area contributed by atoms with E-state index < -0.39 is 48.3 Å². The SMILES string of the molecule is CCCCCCCCC(CCCCCC)C(=O)NCCOC(=O)C(O)CN(CCN(C)CCN(CC(O)C(=O)OCCNC(=O)C(CCCCCC)CCCCCCCC)CC(O)C(=O)OCCNC(=O)C(CCCCCC)CCCCCCCC)CC(O)C(=O)OCCNC(=O)C(CCCCCC)CCCCCCCC. The Bertz CT molecular complexity index is 2000. The molecule has 0 spiro atoms. The summed E-state index contributed by atoms with van der Waals surface area (Å²) in [7, 11) is 1.76. The zero-order chi connectivity index (χ0) is 82.9. The number of hydrogen-bond donors (Lipinski definition) is 8. The van der Waals surface area contributed by atoms with Gasteiger partial charge in [-0.2, -0.15) is 0 Å². The molecule has 8 atom stereocenters. The maximum atomic E-state index is 13.5. The first-order chi connectivity index (χ1) is 54.3. The highest BCUT2D eigenvalue weighted by Gasteiger charge is 2.30. The third-order valence-electron chi connectivity index (χ3n) is 21.7. The molecule has 0 fully saturated rings. The lowest BCUT2D eigenvalue weighted by molar-refractivity contribution is -0.157. The van der Waals surface area contributed by atoms with Crippen LogP contribution in [0.15, 0.2) is 0 Å². The van der Waals surface area contributed by atoms with E-state index >= 15 is 0 Å². The van der Waals surface area contributed by atoms with Crippen molar-refractivity contribution >= 4 is 47.5 Å².